The van der Waals surface area contributed by atoms with Gasteiger partial charge in [0.1, 0.15) is 11.4 Å². The molecule has 0 bridgehead atoms. The van der Waals surface area contributed by atoms with E-state index in [0.717, 1.165) is 25.0 Å². The molecule has 1 saturated heterocycles. The summed E-state index contributed by atoms with van der Waals surface area (Å²) in [5, 5.41) is 1.49. The number of hydrogen-bond acceptors (Lipinski definition) is 5. The maximum absolute atomic E-state index is 12.9. The number of amides is 1. The molecular formula is C17H22N4O2. The van der Waals surface area contributed by atoms with Crippen molar-refractivity contribution in [3.8, 4) is 5.75 Å². The average Bonchev–Trinajstić information content (AvgIpc) is 2.61. The van der Waals surface area contributed by atoms with Gasteiger partial charge in [0.05, 0.1) is 7.11 Å². The molecule has 1 aliphatic heterocycles. The normalized spacial score (nSPS) is 15.8. The largest absolute Gasteiger partial charge is 0.496 e. The Bertz CT molecular complexity index is 724. The number of carbonyl (C=O) groups is 1. The number of aromatic nitrogens is 1. The smallest absolute Gasteiger partial charge is 0.273 e. The lowest BCUT2D eigenvalue weighted by atomic mass is 10.1. The summed E-state index contributed by atoms with van der Waals surface area (Å²) >= 11 is 0. The van der Waals surface area contributed by atoms with Crippen LogP contribution in [0.15, 0.2) is 24.4 Å². The Morgan fingerprint density at radius 1 is 1.26 bits per heavy atom. The van der Waals surface area contributed by atoms with Crippen molar-refractivity contribution in [3.05, 3.63) is 30.1 Å². The number of rotatable bonds is 3. The van der Waals surface area contributed by atoms with Crippen LogP contribution in [0, 0.1) is 0 Å². The summed E-state index contributed by atoms with van der Waals surface area (Å²) in [6.45, 7) is 6.37. The third-order valence-electron chi connectivity index (χ3n) is 4.45. The second-order valence-corrected chi connectivity index (χ2v) is 5.67. The van der Waals surface area contributed by atoms with Crippen LogP contribution in [0.3, 0.4) is 0 Å². The van der Waals surface area contributed by atoms with E-state index in [9.17, 15) is 4.79 Å². The summed E-state index contributed by atoms with van der Waals surface area (Å²) in [4.78, 5) is 21.4. The molecule has 0 saturated carbocycles. The molecule has 3 rings (SSSR count). The molecule has 1 amide bonds. The minimum atomic E-state index is -0.0636. The second-order valence-electron chi connectivity index (χ2n) is 5.67. The number of methoxy groups -OCH3 is 1. The second kappa shape index (κ2) is 6.42. The Balaban J connectivity index is 1.98. The molecule has 0 atom stereocenters. The quantitative estimate of drug-likeness (QED) is 0.871. The molecule has 23 heavy (non-hydrogen) atoms. The molecule has 0 aliphatic carbocycles. The average molecular weight is 314 g/mol. The summed E-state index contributed by atoms with van der Waals surface area (Å²) in [6, 6.07) is 5.40. The first-order chi connectivity index (χ1) is 11.2. The van der Waals surface area contributed by atoms with Gasteiger partial charge in [0.15, 0.2) is 0 Å². The highest BCUT2D eigenvalue weighted by molar-refractivity contribution is 6.11. The lowest BCUT2D eigenvalue weighted by molar-refractivity contribution is 0.0640. The van der Waals surface area contributed by atoms with Crippen LogP contribution < -0.4 is 10.5 Å². The number of likely N-dealkylation sites (N-methyl/N-ethyl adjacent to an activating group) is 1. The summed E-state index contributed by atoms with van der Waals surface area (Å²) in [7, 11) is 1.61. The highest BCUT2D eigenvalue weighted by Gasteiger charge is 2.24. The van der Waals surface area contributed by atoms with E-state index in [4.69, 9.17) is 10.5 Å². The fourth-order valence-electron chi connectivity index (χ4n) is 3.06. The van der Waals surface area contributed by atoms with Crippen molar-refractivity contribution in [1.82, 2.24) is 14.8 Å². The lowest BCUT2D eigenvalue weighted by Crippen LogP contribution is -2.48. The molecule has 6 nitrogen and oxygen atoms in total. The molecule has 1 aliphatic rings. The van der Waals surface area contributed by atoms with E-state index in [1.54, 1.807) is 19.4 Å². The topological polar surface area (TPSA) is 71.7 Å². The van der Waals surface area contributed by atoms with Gasteiger partial charge in [0, 0.05) is 48.8 Å². The molecule has 2 heterocycles. The van der Waals surface area contributed by atoms with Gasteiger partial charge < -0.3 is 20.3 Å². The molecule has 0 radical (unpaired) electrons. The van der Waals surface area contributed by atoms with E-state index in [0.29, 0.717) is 35.6 Å². The van der Waals surface area contributed by atoms with E-state index >= 15 is 0 Å². The number of anilines is 1. The number of pyridine rings is 1. The molecule has 2 N–H and O–H groups in total. The van der Waals surface area contributed by atoms with E-state index < -0.39 is 0 Å². The molecule has 1 aromatic carbocycles. The number of hydrogen-bond donors (Lipinski definition) is 1. The van der Waals surface area contributed by atoms with Crippen LogP contribution in [-0.4, -0.2) is 60.5 Å². The minimum absolute atomic E-state index is 0.0636. The molecule has 0 spiro atoms. The summed E-state index contributed by atoms with van der Waals surface area (Å²) in [6.07, 6.45) is 1.64. The van der Waals surface area contributed by atoms with Gasteiger partial charge in [-0.1, -0.05) is 6.92 Å². The minimum Gasteiger partial charge on any atom is -0.496 e. The van der Waals surface area contributed by atoms with Crippen LogP contribution in [0.2, 0.25) is 0 Å². The van der Waals surface area contributed by atoms with E-state index in [-0.39, 0.29) is 5.91 Å². The molecule has 2 aromatic rings. The molecular weight excluding hydrogens is 292 g/mol. The van der Waals surface area contributed by atoms with Crippen molar-refractivity contribution in [3.63, 3.8) is 0 Å². The molecule has 1 aromatic heterocycles. The zero-order chi connectivity index (χ0) is 16.4. The fraction of sp³-hybridized carbons (Fsp3) is 0.412. The van der Waals surface area contributed by atoms with Crippen LogP contribution in [0.4, 0.5) is 5.69 Å². The van der Waals surface area contributed by atoms with Crippen molar-refractivity contribution < 1.29 is 9.53 Å². The van der Waals surface area contributed by atoms with Crippen LogP contribution >= 0.6 is 0 Å². The first kappa shape index (κ1) is 15.6. The predicted octanol–water partition coefficient (Wildman–Crippen LogP) is 1.60. The highest BCUT2D eigenvalue weighted by atomic mass is 16.5. The van der Waals surface area contributed by atoms with Crippen LogP contribution in [0.1, 0.15) is 17.4 Å². The number of piperazine rings is 1. The van der Waals surface area contributed by atoms with Gasteiger partial charge in [-0.3, -0.25) is 9.78 Å². The monoisotopic (exact) mass is 314 g/mol. The Labute approximate surface area is 135 Å². The van der Waals surface area contributed by atoms with Gasteiger partial charge in [-0.25, -0.2) is 0 Å². The Morgan fingerprint density at radius 3 is 2.65 bits per heavy atom. The Hall–Kier alpha value is -2.34. The first-order valence-corrected chi connectivity index (χ1v) is 7.88. The van der Waals surface area contributed by atoms with Crippen molar-refractivity contribution in [2.24, 2.45) is 0 Å². The van der Waals surface area contributed by atoms with Crippen LogP contribution in [0.5, 0.6) is 5.75 Å². The summed E-state index contributed by atoms with van der Waals surface area (Å²) in [5.74, 6) is 0.632. The number of ether oxygens (including phenoxy) is 1. The molecule has 122 valence electrons. The Kier molecular flexibility index (Phi) is 4.34. The van der Waals surface area contributed by atoms with Gasteiger partial charge in [0.25, 0.3) is 5.91 Å². The first-order valence-electron chi connectivity index (χ1n) is 7.88. The highest BCUT2D eigenvalue weighted by Crippen LogP contribution is 2.32. The van der Waals surface area contributed by atoms with Gasteiger partial charge in [-0.2, -0.15) is 0 Å². The zero-order valence-corrected chi connectivity index (χ0v) is 13.6. The number of fused-ring (bicyclic) bond motifs is 1. The predicted molar refractivity (Wildman–Crippen MR) is 90.7 cm³/mol. The van der Waals surface area contributed by atoms with Gasteiger partial charge in [-0.05, 0) is 24.7 Å². The third-order valence-corrected chi connectivity index (χ3v) is 4.45. The maximum atomic E-state index is 12.9. The summed E-state index contributed by atoms with van der Waals surface area (Å²) in [5.41, 5.74) is 7.07. The number of benzene rings is 1. The molecule has 6 heteroatoms. The van der Waals surface area contributed by atoms with Crippen molar-refractivity contribution >= 4 is 22.4 Å². The molecule has 1 fully saturated rings. The summed E-state index contributed by atoms with van der Waals surface area (Å²) < 4.78 is 5.38. The van der Waals surface area contributed by atoms with Crippen molar-refractivity contribution in [2.75, 3.05) is 45.6 Å². The van der Waals surface area contributed by atoms with Crippen LogP contribution in [0.25, 0.3) is 10.8 Å². The van der Waals surface area contributed by atoms with E-state index in [2.05, 4.69) is 16.8 Å². The number of nitrogens with zero attached hydrogens (tertiary/aromatic N) is 3. The van der Waals surface area contributed by atoms with Gasteiger partial charge in [-0.15, -0.1) is 0 Å². The number of nitrogens with two attached hydrogens (primary N) is 1. The van der Waals surface area contributed by atoms with E-state index in [1.165, 1.54) is 0 Å². The van der Waals surface area contributed by atoms with E-state index in [1.807, 2.05) is 17.0 Å². The van der Waals surface area contributed by atoms with Crippen molar-refractivity contribution in [1.29, 1.82) is 0 Å². The number of nitrogen functional groups attached to an aromatic ring is 1. The van der Waals surface area contributed by atoms with Gasteiger partial charge in [0.2, 0.25) is 0 Å². The van der Waals surface area contributed by atoms with Crippen LogP contribution in [-0.2, 0) is 0 Å². The maximum Gasteiger partial charge on any atom is 0.273 e. The SMILES string of the molecule is CCN1CCN(C(=O)c2nccc3c(OC)ccc(N)c23)CC1. The fourth-order valence-corrected chi connectivity index (χ4v) is 3.06. The third kappa shape index (κ3) is 2.82. The standard InChI is InChI=1S/C17H22N4O2/c1-3-20-8-10-21(11-9-20)17(22)16-15-12(6-7-19-16)14(23-2)5-4-13(15)18/h4-7H,3,8-11,18H2,1-2H3. The van der Waals surface area contributed by atoms with Gasteiger partial charge >= 0.3 is 0 Å². The number of carbonyl (C=O) groups excluding carboxylic acids is 1. The molecule has 0 unspecified atom stereocenters. The lowest BCUT2D eigenvalue weighted by Gasteiger charge is -2.34. The zero-order valence-electron chi connectivity index (χ0n) is 13.6. The van der Waals surface area contributed by atoms with Crippen molar-refractivity contribution in [2.45, 2.75) is 6.92 Å². The Morgan fingerprint density at radius 2 is 2.00 bits per heavy atom.